The fraction of sp³-hybridized carbons (Fsp3) is 1.00. The van der Waals surface area contributed by atoms with Crippen molar-refractivity contribution in [3.05, 3.63) is 0 Å². The number of hydrogen-bond acceptors (Lipinski definition) is 2. The number of piperidine rings is 3. The summed E-state index contributed by atoms with van der Waals surface area (Å²) in [6, 6.07) is 0. The topological polar surface area (TPSA) is 12.5 Å². The minimum Gasteiger partial charge on any atom is -0.374 e. The van der Waals surface area contributed by atoms with Crippen molar-refractivity contribution in [3.63, 3.8) is 0 Å². The predicted octanol–water partition coefficient (Wildman–Crippen LogP) is 1.51. The minimum atomic E-state index is 0.277. The maximum atomic E-state index is 6.00. The van der Waals surface area contributed by atoms with Crippen molar-refractivity contribution in [2.75, 3.05) is 26.2 Å². The van der Waals surface area contributed by atoms with Gasteiger partial charge in [0, 0.05) is 26.2 Å². The van der Waals surface area contributed by atoms with Crippen LogP contribution in [0, 0.1) is 11.8 Å². The molecule has 2 nitrogen and oxygen atoms in total. The minimum absolute atomic E-state index is 0.277. The Kier molecular flexibility index (Phi) is 1.72. The van der Waals surface area contributed by atoms with Gasteiger partial charge in [-0.05, 0) is 38.0 Å². The molecule has 1 saturated carbocycles. The smallest absolute Gasteiger partial charge is 0.0814 e. The van der Waals surface area contributed by atoms with Crippen molar-refractivity contribution < 1.29 is 4.74 Å². The van der Waals surface area contributed by atoms with E-state index in [2.05, 4.69) is 11.8 Å². The van der Waals surface area contributed by atoms with Crippen LogP contribution in [0.15, 0.2) is 0 Å². The Balaban J connectivity index is 1.83. The molecule has 0 aromatic carbocycles. The zero-order valence-corrected chi connectivity index (χ0v) is 8.46. The van der Waals surface area contributed by atoms with Gasteiger partial charge < -0.3 is 4.74 Å². The highest BCUT2D eigenvalue weighted by molar-refractivity contribution is 5.03. The van der Waals surface area contributed by atoms with E-state index in [1.807, 2.05) is 0 Å². The highest BCUT2D eigenvalue weighted by atomic mass is 16.5. The summed E-state index contributed by atoms with van der Waals surface area (Å²) in [5.41, 5.74) is 0.277. The lowest BCUT2D eigenvalue weighted by molar-refractivity contribution is -0.170. The van der Waals surface area contributed by atoms with E-state index in [4.69, 9.17) is 4.74 Å². The first-order valence-electron chi connectivity index (χ1n) is 5.66. The average Bonchev–Trinajstić information content (AvgIpc) is 2.00. The average molecular weight is 181 g/mol. The Morgan fingerprint density at radius 2 is 2.00 bits per heavy atom. The Labute approximate surface area is 80.2 Å². The molecule has 4 fully saturated rings. The van der Waals surface area contributed by atoms with Crippen molar-refractivity contribution in [1.82, 2.24) is 4.90 Å². The molecule has 2 heteroatoms. The van der Waals surface area contributed by atoms with Gasteiger partial charge in [-0.3, -0.25) is 4.90 Å². The molecule has 4 bridgehead atoms. The molecule has 0 spiro atoms. The maximum Gasteiger partial charge on any atom is 0.0814 e. The van der Waals surface area contributed by atoms with Gasteiger partial charge in [-0.2, -0.15) is 0 Å². The molecule has 74 valence electrons. The molecule has 13 heavy (non-hydrogen) atoms. The van der Waals surface area contributed by atoms with Crippen LogP contribution >= 0.6 is 0 Å². The van der Waals surface area contributed by atoms with E-state index in [9.17, 15) is 0 Å². The van der Waals surface area contributed by atoms with Gasteiger partial charge >= 0.3 is 0 Å². The Morgan fingerprint density at radius 1 is 1.31 bits per heavy atom. The molecule has 0 N–H and O–H groups in total. The van der Waals surface area contributed by atoms with Crippen LogP contribution in [0.4, 0.5) is 0 Å². The fourth-order valence-electron chi connectivity index (χ4n) is 3.99. The molecule has 3 heterocycles. The lowest BCUT2D eigenvalue weighted by Crippen LogP contribution is -2.63. The molecule has 4 rings (SSSR count). The molecule has 4 aliphatic rings. The van der Waals surface area contributed by atoms with Gasteiger partial charge in [-0.1, -0.05) is 0 Å². The van der Waals surface area contributed by atoms with E-state index in [-0.39, 0.29) is 5.60 Å². The molecule has 3 aliphatic heterocycles. The molecular weight excluding hydrogens is 162 g/mol. The standard InChI is InChI=1S/C11H19NO/c1-2-13-11-4-9-3-10(5-11)7-12(6-9)8-11/h9-10H,2-8H2,1H3. The third-order valence-electron chi connectivity index (χ3n) is 3.98. The molecular formula is C11H19NO. The van der Waals surface area contributed by atoms with Gasteiger partial charge in [0.1, 0.15) is 0 Å². The summed E-state index contributed by atoms with van der Waals surface area (Å²) < 4.78 is 6.00. The Hall–Kier alpha value is -0.0800. The summed E-state index contributed by atoms with van der Waals surface area (Å²) in [5.74, 6) is 1.90. The highest BCUT2D eigenvalue weighted by Gasteiger charge is 2.50. The number of hydrogen-bond donors (Lipinski definition) is 0. The number of nitrogens with zero attached hydrogens (tertiary/aromatic N) is 1. The largest absolute Gasteiger partial charge is 0.374 e. The summed E-state index contributed by atoms with van der Waals surface area (Å²) in [5, 5.41) is 0. The number of rotatable bonds is 2. The number of ether oxygens (including phenoxy) is 1. The summed E-state index contributed by atoms with van der Waals surface area (Å²) >= 11 is 0. The summed E-state index contributed by atoms with van der Waals surface area (Å²) in [6.07, 6.45) is 4.16. The summed E-state index contributed by atoms with van der Waals surface area (Å²) in [4.78, 5) is 2.63. The van der Waals surface area contributed by atoms with Crippen molar-refractivity contribution in [2.24, 2.45) is 11.8 Å². The fourth-order valence-corrected chi connectivity index (χ4v) is 3.99. The molecule has 0 aromatic rings. The maximum absolute atomic E-state index is 6.00. The van der Waals surface area contributed by atoms with Crippen LogP contribution in [-0.2, 0) is 4.74 Å². The van der Waals surface area contributed by atoms with E-state index in [0.29, 0.717) is 0 Å². The van der Waals surface area contributed by atoms with Crippen LogP contribution in [-0.4, -0.2) is 36.7 Å². The zero-order chi connectivity index (χ0) is 8.89. The lowest BCUT2D eigenvalue weighted by atomic mass is 9.65. The second kappa shape index (κ2) is 2.71. The monoisotopic (exact) mass is 181 g/mol. The van der Waals surface area contributed by atoms with E-state index >= 15 is 0 Å². The molecule has 0 amide bonds. The third-order valence-corrected chi connectivity index (χ3v) is 3.98. The lowest BCUT2D eigenvalue weighted by Gasteiger charge is -2.57. The van der Waals surface area contributed by atoms with Gasteiger partial charge in [-0.25, -0.2) is 0 Å². The Morgan fingerprint density at radius 3 is 2.54 bits per heavy atom. The summed E-state index contributed by atoms with van der Waals surface area (Å²) in [6.45, 7) is 6.95. The molecule has 1 aliphatic carbocycles. The third kappa shape index (κ3) is 1.23. The van der Waals surface area contributed by atoms with Crippen molar-refractivity contribution in [1.29, 1.82) is 0 Å². The quantitative estimate of drug-likeness (QED) is 0.640. The van der Waals surface area contributed by atoms with Crippen LogP contribution in [0.25, 0.3) is 0 Å². The second-order valence-electron chi connectivity index (χ2n) is 5.19. The molecule has 2 atom stereocenters. The van der Waals surface area contributed by atoms with Gasteiger partial charge in [0.25, 0.3) is 0 Å². The molecule has 3 saturated heterocycles. The van der Waals surface area contributed by atoms with Crippen LogP contribution in [0.2, 0.25) is 0 Å². The van der Waals surface area contributed by atoms with Gasteiger partial charge in [0.15, 0.2) is 0 Å². The van der Waals surface area contributed by atoms with Gasteiger partial charge in [0.2, 0.25) is 0 Å². The first-order chi connectivity index (χ1) is 6.30. The molecule has 0 aromatic heterocycles. The van der Waals surface area contributed by atoms with E-state index in [1.54, 1.807) is 0 Å². The van der Waals surface area contributed by atoms with Gasteiger partial charge in [-0.15, -0.1) is 0 Å². The van der Waals surface area contributed by atoms with Crippen LogP contribution in [0.1, 0.15) is 26.2 Å². The van der Waals surface area contributed by atoms with Crippen molar-refractivity contribution >= 4 is 0 Å². The SMILES string of the molecule is CCOC12CC3CC(CN(C3)C1)C2. The Bertz CT molecular complexity index is 179. The van der Waals surface area contributed by atoms with Crippen molar-refractivity contribution in [3.8, 4) is 0 Å². The van der Waals surface area contributed by atoms with Crippen LogP contribution in [0.3, 0.4) is 0 Å². The molecule has 0 radical (unpaired) electrons. The normalized spacial score (nSPS) is 52.8. The van der Waals surface area contributed by atoms with Crippen molar-refractivity contribution in [2.45, 2.75) is 31.8 Å². The van der Waals surface area contributed by atoms with E-state index in [1.165, 1.54) is 38.9 Å². The summed E-state index contributed by atoms with van der Waals surface area (Å²) in [7, 11) is 0. The second-order valence-corrected chi connectivity index (χ2v) is 5.19. The zero-order valence-electron chi connectivity index (χ0n) is 8.46. The van der Waals surface area contributed by atoms with Gasteiger partial charge in [0.05, 0.1) is 5.60 Å². The first kappa shape index (κ1) is 8.25. The van der Waals surface area contributed by atoms with Crippen LogP contribution < -0.4 is 0 Å². The van der Waals surface area contributed by atoms with E-state index < -0.39 is 0 Å². The van der Waals surface area contributed by atoms with Crippen LogP contribution in [0.5, 0.6) is 0 Å². The highest BCUT2D eigenvalue weighted by Crippen LogP contribution is 2.47. The van der Waals surface area contributed by atoms with E-state index in [0.717, 1.165) is 18.4 Å². The molecule has 2 unspecified atom stereocenters. The predicted molar refractivity (Wildman–Crippen MR) is 51.6 cm³/mol. The first-order valence-corrected chi connectivity index (χ1v) is 5.66.